The molecule has 0 radical (unpaired) electrons. The first-order valence-corrected chi connectivity index (χ1v) is 11.4. The summed E-state index contributed by atoms with van der Waals surface area (Å²) in [5.74, 6) is 0. The number of thiophene rings is 1. The maximum absolute atomic E-state index is 9.13. The zero-order valence-corrected chi connectivity index (χ0v) is 18.7. The summed E-state index contributed by atoms with van der Waals surface area (Å²) in [6.45, 7) is 3.63. The molecule has 1 aromatic heterocycles. The molecule has 0 atom stereocenters. The van der Waals surface area contributed by atoms with Crippen LogP contribution < -0.4 is 0 Å². The summed E-state index contributed by atoms with van der Waals surface area (Å²) in [5, 5.41) is 20.0. The van der Waals surface area contributed by atoms with Crippen molar-refractivity contribution >= 4 is 37.2 Å². The van der Waals surface area contributed by atoms with Crippen molar-refractivity contribution in [2.45, 2.75) is 0 Å². The lowest BCUT2D eigenvalue weighted by Crippen LogP contribution is -1.96. The average molecular weight is 441 g/mol. The third-order valence-electron chi connectivity index (χ3n) is 5.73. The molecule has 0 aliphatic heterocycles. The van der Waals surface area contributed by atoms with Gasteiger partial charge >= 0.3 is 0 Å². The lowest BCUT2D eigenvalue weighted by Gasteiger charge is -2.06. The molecule has 0 unspecified atom stereocenters. The number of allylic oxidation sites excluding steroid dienone is 3. The molecule has 156 valence electrons. The Morgan fingerprint density at radius 3 is 2.00 bits per heavy atom. The third-order valence-corrected chi connectivity index (χ3v) is 6.88. The Morgan fingerprint density at radius 2 is 1.36 bits per heavy atom. The van der Waals surface area contributed by atoms with Crippen molar-refractivity contribution in [3.63, 3.8) is 0 Å². The van der Waals surface area contributed by atoms with Gasteiger partial charge in [-0.2, -0.15) is 5.26 Å². The van der Waals surface area contributed by atoms with Gasteiger partial charge in [0.1, 0.15) is 0 Å². The first-order valence-electron chi connectivity index (χ1n) is 10.6. The number of hydrogen-bond acceptors (Lipinski definition) is 3. The first kappa shape index (κ1) is 20.6. The van der Waals surface area contributed by atoms with Gasteiger partial charge in [-0.15, -0.1) is 11.3 Å². The molecule has 33 heavy (non-hydrogen) atoms. The molecule has 0 fully saturated rings. The zero-order valence-electron chi connectivity index (χ0n) is 17.9. The number of hydrogen-bond donors (Lipinski definition) is 1. The fourth-order valence-electron chi connectivity index (χ4n) is 4.01. The van der Waals surface area contributed by atoms with Crippen molar-refractivity contribution in [1.29, 1.82) is 10.7 Å². The zero-order chi connectivity index (χ0) is 22.8. The molecule has 0 saturated heterocycles. The second-order valence-corrected chi connectivity index (χ2v) is 8.88. The minimum absolute atomic E-state index is 0.294. The molecule has 0 aliphatic carbocycles. The minimum atomic E-state index is 0.294. The third kappa shape index (κ3) is 4.01. The summed E-state index contributed by atoms with van der Waals surface area (Å²) in [6, 6.07) is 33.7. The van der Waals surface area contributed by atoms with Crippen LogP contribution in [0, 0.1) is 16.7 Å². The second-order valence-electron chi connectivity index (χ2n) is 7.80. The van der Waals surface area contributed by atoms with Crippen LogP contribution >= 0.6 is 11.3 Å². The van der Waals surface area contributed by atoms with E-state index in [1.54, 1.807) is 6.08 Å². The van der Waals surface area contributed by atoms with Crippen molar-refractivity contribution in [2.24, 2.45) is 0 Å². The van der Waals surface area contributed by atoms with Crippen LogP contribution in [0.15, 0.2) is 115 Å². The molecule has 2 nitrogen and oxygen atoms in total. The first-order chi connectivity index (χ1) is 16.2. The predicted octanol–water partition coefficient (Wildman–Crippen LogP) is 8.39. The van der Waals surface area contributed by atoms with E-state index in [2.05, 4.69) is 79.4 Å². The summed E-state index contributed by atoms with van der Waals surface area (Å²) < 4.78 is 2.53. The SMILES string of the molecule is C=C/C(C#N)=C\C(=N)c1cccc(-c2ccc3sc4ccc(-c5ccccc5)cc4c3c2)c1. The van der Waals surface area contributed by atoms with Crippen LogP contribution in [0.4, 0.5) is 0 Å². The fraction of sp³-hybridized carbons (Fsp3) is 0. The summed E-state index contributed by atoms with van der Waals surface area (Å²) >= 11 is 1.81. The van der Waals surface area contributed by atoms with Crippen LogP contribution in [0.3, 0.4) is 0 Å². The Morgan fingerprint density at radius 1 is 0.758 bits per heavy atom. The summed E-state index contributed by atoms with van der Waals surface area (Å²) in [6.07, 6.45) is 3.02. The van der Waals surface area contributed by atoms with E-state index in [0.717, 1.165) is 16.7 Å². The summed E-state index contributed by atoms with van der Waals surface area (Å²) in [4.78, 5) is 0. The highest BCUT2D eigenvalue weighted by molar-refractivity contribution is 7.25. The van der Waals surface area contributed by atoms with Crippen LogP contribution in [-0.4, -0.2) is 5.71 Å². The van der Waals surface area contributed by atoms with E-state index in [9.17, 15) is 0 Å². The van der Waals surface area contributed by atoms with Gasteiger partial charge in [-0.1, -0.05) is 73.3 Å². The van der Waals surface area contributed by atoms with Crippen LogP contribution in [0.1, 0.15) is 5.56 Å². The van der Waals surface area contributed by atoms with E-state index in [0.29, 0.717) is 11.3 Å². The molecule has 3 heteroatoms. The van der Waals surface area contributed by atoms with E-state index in [1.165, 1.54) is 37.4 Å². The molecule has 0 aliphatic rings. The van der Waals surface area contributed by atoms with Crippen molar-refractivity contribution in [3.05, 3.63) is 121 Å². The van der Waals surface area contributed by atoms with Crippen LogP contribution in [0.2, 0.25) is 0 Å². The average Bonchev–Trinajstić information content (AvgIpc) is 3.25. The second kappa shape index (κ2) is 8.70. The molecule has 0 bridgehead atoms. The monoisotopic (exact) mass is 440 g/mol. The molecule has 1 heterocycles. The number of fused-ring (bicyclic) bond motifs is 3. The van der Waals surface area contributed by atoms with E-state index in [4.69, 9.17) is 10.7 Å². The maximum Gasteiger partial charge on any atom is 0.0992 e. The highest BCUT2D eigenvalue weighted by atomic mass is 32.1. The van der Waals surface area contributed by atoms with Crippen molar-refractivity contribution < 1.29 is 0 Å². The van der Waals surface area contributed by atoms with E-state index < -0.39 is 0 Å². The van der Waals surface area contributed by atoms with Crippen LogP contribution in [0.25, 0.3) is 42.4 Å². The van der Waals surface area contributed by atoms with Gasteiger partial charge < -0.3 is 5.41 Å². The van der Waals surface area contributed by atoms with Crippen molar-refractivity contribution in [3.8, 4) is 28.3 Å². The van der Waals surface area contributed by atoms with E-state index in [-0.39, 0.29) is 0 Å². The predicted molar refractivity (Wildman–Crippen MR) is 141 cm³/mol. The Kier molecular flexibility index (Phi) is 5.44. The van der Waals surface area contributed by atoms with Gasteiger partial charge in [-0.3, -0.25) is 0 Å². The smallest absolute Gasteiger partial charge is 0.0992 e. The van der Waals surface area contributed by atoms with E-state index >= 15 is 0 Å². The lowest BCUT2D eigenvalue weighted by atomic mass is 9.98. The fourth-order valence-corrected chi connectivity index (χ4v) is 5.08. The van der Waals surface area contributed by atoms with Crippen LogP contribution in [0.5, 0.6) is 0 Å². The molecule has 0 saturated carbocycles. The van der Waals surface area contributed by atoms with Crippen LogP contribution in [-0.2, 0) is 0 Å². The molecule has 0 spiro atoms. The number of benzene rings is 4. The lowest BCUT2D eigenvalue weighted by molar-refractivity contribution is 1.47. The molecule has 1 N–H and O–H groups in total. The van der Waals surface area contributed by atoms with Gasteiger partial charge in [-0.05, 0) is 58.7 Å². The number of rotatable bonds is 5. The Balaban J connectivity index is 1.59. The van der Waals surface area contributed by atoms with Crippen molar-refractivity contribution in [2.75, 3.05) is 0 Å². The number of nitrogens with one attached hydrogen (secondary N) is 1. The Hall–Kier alpha value is -4.26. The molecule has 0 amide bonds. The normalized spacial score (nSPS) is 11.4. The number of nitriles is 1. The Bertz CT molecular complexity index is 1600. The van der Waals surface area contributed by atoms with Gasteiger partial charge in [-0.25, -0.2) is 0 Å². The van der Waals surface area contributed by atoms with Gasteiger partial charge in [0.25, 0.3) is 0 Å². The standard InChI is InChI=1S/C30H20N2S/c1-2-20(19-31)15-28(32)25-10-6-9-22(16-25)24-12-14-30-27(18-24)26-17-23(11-13-29(26)33-30)21-7-4-3-5-8-21/h2-18,32H,1H2/b20-15+,32-28?. The van der Waals surface area contributed by atoms with Gasteiger partial charge in [0.05, 0.1) is 17.4 Å². The van der Waals surface area contributed by atoms with Crippen molar-refractivity contribution in [1.82, 2.24) is 0 Å². The molecular formula is C30H20N2S. The molecular weight excluding hydrogens is 420 g/mol. The summed E-state index contributed by atoms with van der Waals surface area (Å²) in [7, 11) is 0. The highest BCUT2D eigenvalue weighted by Gasteiger charge is 2.10. The number of nitrogens with zero attached hydrogens (tertiary/aromatic N) is 1. The molecule has 5 aromatic rings. The minimum Gasteiger partial charge on any atom is -0.300 e. The van der Waals surface area contributed by atoms with Gasteiger partial charge in [0, 0.05) is 25.7 Å². The largest absolute Gasteiger partial charge is 0.300 e. The highest BCUT2D eigenvalue weighted by Crippen LogP contribution is 2.38. The molecule has 5 rings (SSSR count). The quantitative estimate of drug-likeness (QED) is 0.166. The van der Waals surface area contributed by atoms with Gasteiger partial charge in [0.2, 0.25) is 0 Å². The molecule has 4 aromatic carbocycles. The maximum atomic E-state index is 9.13. The van der Waals surface area contributed by atoms with E-state index in [1.807, 2.05) is 35.6 Å². The van der Waals surface area contributed by atoms with Gasteiger partial charge in [0.15, 0.2) is 0 Å². The summed E-state index contributed by atoms with van der Waals surface area (Å²) in [5.41, 5.74) is 6.02. The Labute approximate surface area is 196 Å². The topological polar surface area (TPSA) is 47.6 Å².